The molecule has 7 heteroatoms. The maximum atomic E-state index is 12.0. The van der Waals surface area contributed by atoms with Gasteiger partial charge in [0.1, 0.15) is 0 Å². The second kappa shape index (κ2) is 5.08. The van der Waals surface area contributed by atoms with Crippen LogP contribution in [0.2, 0.25) is 0 Å². The van der Waals surface area contributed by atoms with E-state index in [2.05, 4.69) is 31.5 Å². The van der Waals surface area contributed by atoms with E-state index in [1.807, 2.05) is 6.07 Å². The predicted octanol–water partition coefficient (Wildman–Crippen LogP) is 2.87. The summed E-state index contributed by atoms with van der Waals surface area (Å²) >= 11 is 6.32. The lowest BCUT2D eigenvalue weighted by Gasteiger charge is -2.09. The van der Waals surface area contributed by atoms with Crippen LogP contribution in [0, 0.1) is 0 Å². The van der Waals surface area contributed by atoms with Gasteiger partial charge in [0.05, 0.1) is 14.4 Å². The van der Waals surface area contributed by atoms with Crippen molar-refractivity contribution < 1.29 is 4.79 Å². The number of carbonyl (C=O) groups is 1. The molecule has 3 rings (SSSR count). The second-order valence-electron chi connectivity index (χ2n) is 3.87. The normalized spacial score (nSPS) is 14.3. The molecule has 0 spiro atoms. The number of nitrogens with one attached hydrogen (secondary N) is 2. The first-order chi connectivity index (χ1) is 8.72. The van der Waals surface area contributed by atoms with E-state index in [1.165, 1.54) is 16.2 Å². The van der Waals surface area contributed by atoms with Crippen molar-refractivity contribution in [1.82, 2.24) is 10.3 Å². The minimum Gasteiger partial charge on any atom is -0.311 e. The molecule has 2 N–H and O–H groups in total. The number of thiazole rings is 1. The van der Waals surface area contributed by atoms with Crippen molar-refractivity contribution in [2.24, 2.45) is 0 Å². The van der Waals surface area contributed by atoms with Crippen LogP contribution in [-0.2, 0) is 13.0 Å². The molecule has 2 aromatic heterocycles. The number of thiophene rings is 1. The monoisotopic (exact) mass is 343 g/mol. The molecule has 0 saturated carbocycles. The number of hydrogen-bond acceptors (Lipinski definition) is 5. The number of anilines is 1. The van der Waals surface area contributed by atoms with E-state index in [0.29, 0.717) is 10.0 Å². The Labute approximate surface area is 121 Å². The molecule has 1 aliphatic rings. The van der Waals surface area contributed by atoms with Crippen molar-refractivity contribution in [2.75, 3.05) is 11.9 Å². The third kappa shape index (κ3) is 2.49. The number of amides is 1. The van der Waals surface area contributed by atoms with E-state index in [9.17, 15) is 4.79 Å². The zero-order valence-electron chi connectivity index (χ0n) is 9.33. The van der Waals surface area contributed by atoms with Gasteiger partial charge in [-0.25, -0.2) is 4.98 Å². The lowest BCUT2D eigenvalue weighted by molar-refractivity contribution is 0.103. The first-order valence-electron chi connectivity index (χ1n) is 5.48. The van der Waals surface area contributed by atoms with Crippen molar-refractivity contribution in [3.05, 3.63) is 31.4 Å². The minimum atomic E-state index is -0.0928. The van der Waals surface area contributed by atoms with Gasteiger partial charge in [-0.05, 0) is 28.1 Å². The number of nitrogens with zero attached hydrogens (tertiary/aromatic N) is 1. The van der Waals surface area contributed by atoms with Crippen LogP contribution < -0.4 is 10.6 Å². The zero-order valence-corrected chi connectivity index (χ0v) is 12.5. The average molecular weight is 344 g/mol. The van der Waals surface area contributed by atoms with E-state index in [-0.39, 0.29) is 5.91 Å². The summed E-state index contributed by atoms with van der Waals surface area (Å²) in [5.74, 6) is -0.0928. The van der Waals surface area contributed by atoms with Gasteiger partial charge in [-0.2, -0.15) is 0 Å². The van der Waals surface area contributed by atoms with Crippen LogP contribution >= 0.6 is 38.6 Å². The van der Waals surface area contributed by atoms with Crippen molar-refractivity contribution in [1.29, 1.82) is 0 Å². The van der Waals surface area contributed by atoms with Gasteiger partial charge in [-0.1, -0.05) is 0 Å². The molecular formula is C11H10BrN3OS2. The van der Waals surface area contributed by atoms with Gasteiger partial charge in [-0.3, -0.25) is 10.1 Å². The number of carbonyl (C=O) groups excluding carboxylic acids is 1. The van der Waals surface area contributed by atoms with Crippen LogP contribution in [0.1, 0.15) is 20.2 Å². The molecule has 0 aromatic carbocycles. The molecule has 94 valence electrons. The van der Waals surface area contributed by atoms with Gasteiger partial charge < -0.3 is 5.32 Å². The lowest BCUT2D eigenvalue weighted by Crippen LogP contribution is -2.22. The molecule has 18 heavy (non-hydrogen) atoms. The number of hydrogen-bond donors (Lipinski definition) is 2. The molecule has 0 unspecified atom stereocenters. The van der Waals surface area contributed by atoms with Crippen LogP contribution in [0.3, 0.4) is 0 Å². The standard InChI is InChI=1S/C11H10BrN3OS2/c12-9-2-1-7(17-9)10(16)15-11-14-6-3-4-13-5-8(6)18-11/h1-2,13H,3-5H2,(H,14,15,16). The third-order valence-corrected chi connectivity index (χ3v) is 5.26. The molecule has 0 fully saturated rings. The number of fused-ring (bicyclic) bond motifs is 1. The molecule has 0 radical (unpaired) electrons. The summed E-state index contributed by atoms with van der Waals surface area (Å²) in [5.41, 5.74) is 1.11. The molecule has 4 nitrogen and oxygen atoms in total. The topological polar surface area (TPSA) is 54.0 Å². The zero-order chi connectivity index (χ0) is 12.5. The summed E-state index contributed by atoms with van der Waals surface area (Å²) in [6, 6.07) is 3.68. The fourth-order valence-electron chi connectivity index (χ4n) is 1.77. The minimum absolute atomic E-state index is 0.0928. The summed E-state index contributed by atoms with van der Waals surface area (Å²) < 4.78 is 0.954. The summed E-state index contributed by atoms with van der Waals surface area (Å²) in [6.07, 6.45) is 0.937. The Hall–Kier alpha value is -0.760. The maximum Gasteiger partial charge on any atom is 0.267 e. The van der Waals surface area contributed by atoms with Crippen LogP contribution in [0.5, 0.6) is 0 Å². The SMILES string of the molecule is O=C(Nc1nc2c(s1)CNCC2)c1ccc(Br)s1. The Balaban J connectivity index is 1.76. The van der Waals surface area contributed by atoms with E-state index in [4.69, 9.17) is 0 Å². The average Bonchev–Trinajstić information content (AvgIpc) is 2.94. The van der Waals surface area contributed by atoms with Crippen molar-refractivity contribution in [3.63, 3.8) is 0 Å². The predicted molar refractivity (Wildman–Crippen MR) is 77.5 cm³/mol. The van der Waals surface area contributed by atoms with Gasteiger partial charge in [0.15, 0.2) is 5.13 Å². The largest absolute Gasteiger partial charge is 0.311 e. The van der Waals surface area contributed by atoms with Crippen molar-refractivity contribution >= 4 is 49.6 Å². The molecular weight excluding hydrogens is 334 g/mol. The van der Waals surface area contributed by atoms with Crippen molar-refractivity contribution in [3.8, 4) is 0 Å². The van der Waals surface area contributed by atoms with Crippen LogP contribution in [0.15, 0.2) is 15.9 Å². The maximum absolute atomic E-state index is 12.0. The Bertz CT molecular complexity index is 569. The molecule has 2 aromatic rings. The Morgan fingerprint density at radius 3 is 3.06 bits per heavy atom. The highest BCUT2D eigenvalue weighted by atomic mass is 79.9. The second-order valence-corrected chi connectivity index (χ2v) is 7.42. The molecule has 3 heterocycles. The van der Waals surface area contributed by atoms with Gasteiger partial charge in [-0.15, -0.1) is 22.7 Å². The van der Waals surface area contributed by atoms with E-state index in [0.717, 1.165) is 29.0 Å². The summed E-state index contributed by atoms with van der Waals surface area (Å²) in [4.78, 5) is 18.3. The van der Waals surface area contributed by atoms with Gasteiger partial charge in [0, 0.05) is 24.4 Å². The molecule has 0 aliphatic carbocycles. The quantitative estimate of drug-likeness (QED) is 0.881. The van der Waals surface area contributed by atoms with Gasteiger partial charge >= 0.3 is 0 Å². The highest BCUT2D eigenvalue weighted by Crippen LogP contribution is 2.27. The fourth-order valence-corrected chi connectivity index (χ4v) is 4.03. The number of aromatic nitrogens is 1. The summed E-state index contributed by atoms with van der Waals surface area (Å²) in [7, 11) is 0. The first kappa shape index (κ1) is 12.3. The first-order valence-corrected chi connectivity index (χ1v) is 7.91. The molecule has 1 amide bonds. The van der Waals surface area contributed by atoms with Crippen LogP contribution in [0.25, 0.3) is 0 Å². The molecule has 0 atom stereocenters. The molecule has 1 aliphatic heterocycles. The fraction of sp³-hybridized carbons (Fsp3) is 0.273. The molecule has 0 saturated heterocycles. The van der Waals surface area contributed by atoms with E-state index in [1.54, 1.807) is 17.4 Å². The van der Waals surface area contributed by atoms with E-state index < -0.39 is 0 Å². The van der Waals surface area contributed by atoms with E-state index >= 15 is 0 Å². The van der Waals surface area contributed by atoms with Crippen LogP contribution in [0.4, 0.5) is 5.13 Å². The van der Waals surface area contributed by atoms with Crippen molar-refractivity contribution in [2.45, 2.75) is 13.0 Å². The van der Waals surface area contributed by atoms with Gasteiger partial charge in [0.2, 0.25) is 0 Å². The highest BCUT2D eigenvalue weighted by Gasteiger charge is 2.17. The Kier molecular flexibility index (Phi) is 3.47. The lowest BCUT2D eigenvalue weighted by atomic mass is 10.2. The Morgan fingerprint density at radius 2 is 2.33 bits per heavy atom. The smallest absolute Gasteiger partial charge is 0.267 e. The summed E-state index contributed by atoms with van der Waals surface area (Å²) in [5, 5.41) is 6.85. The Morgan fingerprint density at radius 1 is 1.44 bits per heavy atom. The molecule has 0 bridgehead atoms. The number of rotatable bonds is 2. The highest BCUT2D eigenvalue weighted by molar-refractivity contribution is 9.11. The summed E-state index contributed by atoms with van der Waals surface area (Å²) in [6.45, 7) is 1.81. The van der Waals surface area contributed by atoms with Crippen LogP contribution in [-0.4, -0.2) is 17.4 Å². The third-order valence-electron chi connectivity index (χ3n) is 2.62. The van der Waals surface area contributed by atoms with Gasteiger partial charge in [0.25, 0.3) is 5.91 Å². The number of halogens is 1.